The van der Waals surface area contributed by atoms with Gasteiger partial charge in [0.05, 0.1) is 6.61 Å². The molecule has 1 N–H and O–H groups in total. The van der Waals surface area contributed by atoms with Gasteiger partial charge in [0.15, 0.2) is 37.0 Å². The lowest BCUT2D eigenvalue weighted by atomic mass is 9.94. The first-order valence-corrected chi connectivity index (χ1v) is 15.9. The predicted octanol–water partition coefficient (Wildman–Crippen LogP) is 0.396. The Kier molecular flexibility index (Phi) is 15.3. The smallest absolute Gasteiger partial charge is 0.303 e. The van der Waals surface area contributed by atoms with Crippen LogP contribution in [0, 0.1) is 0 Å². The summed E-state index contributed by atoms with van der Waals surface area (Å²) in [5.41, 5.74) is 0.721. The van der Waals surface area contributed by atoms with Crippen LogP contribution in [-0.4, -0.2) is 116 Å². The molecule has 0 unspecified atom stereocenters. The van der Waals surface area contributed by atoms with E-state index in [9.17, 15) is 33.6 Å². The van der Waals surface area contributed by atoms with E-state index in [-0.39, 0.29) is 6.61 Å². The van der Waals surface area contributed by atoms with Crippen LogP contribution in [0.15, 0.2) is 30.3 Å². The highest BCUT2D eigenvalue weighted by molar-refractivity contribution is 5.73. The molecule has 0 radical (unpaired) electrons. The minimum absolute atomic E-state index is 0.0358. The van der Waals surface area contributed by atoms with Crippen molar-refractivity contribution in [3.63, 3.8) is 0 Å². The van der Waals surface area contributed by atoms with E-state index in [4.69, 9.17) is 47.4 Å². The lowest BCUT2D eigenvalue weighted by Crippen LogP contribution is -2.69. The van der Waals surface area contributed by atoms with Crippen molar-refractivity contribution in [1.82, 2.24) is 5.32 Å². The van der Waals surface area contributed by atoms with Gasteiger partial charge in [-0.2, -0.15) is 0 Å². The van der Waals surface area contributed by atoms with Crippen LogP contribution in [0.25, 0.3) is 0 Å². The number of hydrogen-bond acceptors (Lipinski definition) is 17. The van der Waals surface area contributed by atoms with Gasteiger partial charge in [-0.1, -0.05) is 30.3 Å². The molecule has 0 saturated carbocycles. The van der Waals surface area contributed by atoms with Gasteiger partial charge in [0.25, 0.3) is 0 Å². The summed E-state index contributed by atoms with van der Waals surface area (Å²) in [6, 6.07) is 7.62. The zero-order chi connectivity index (χ0) is 37.8. The molecule has 1 amide bonds. The molecule has 2 aliphatic rings. The molecule has 51 heavy (non-hydrogen) atoms. The van der Waals surface area contributed by atoms with Crippen LogP contribution in [0.5, 0.6) is 0 Å². The molecular weight excluding hydrogens is 682 g/mol. The molecule has 1 aromatic carbocycles. The van der Waals surface area contributed by atoms with Gasteiger partial charge in [-0.25, -0.2) is 0 Å². The summed E-state index contributed by atoms with van der Waals surface area (Å²) in [6.45, 7) is 6.68. The van der Waals surface area contributed by atoms with E-state index in [0.717, 1.165) is 47.1 Å². The molecule has 0 aliphatic carbocycles. The second-order valence-corrected chi connectivity index (χ2v) is 11.6. The van der Waals surface area contributed by atoms with Crippen LogP contribution in [0.1, 0.15) is 54.0 Å². The summed E-state index contributed by atoms with van der Waals surface area (Å²) >= 11 is 0. The van der Waals surface area contributed by atoms with Gasteiger partial charge in [0.1, 0.15) is 37.6 Å². The van der Waals surface area contributed by atoms with Gasteiger partial charge in [-0.3, -0.25) is 33.6 Å². The highest BCUT2D eigenvalue weighted by atomic mass is 16.8. The Bertz CT molecular complexity index is 1400. The van der Waals surface area contributed by atoms with Gasteiger partial charge in [-0.05, 0) is 5.56 Å². The molecule has 2 heterocycles. The van der Waals surface area contributed by atoms with Gasteiger partial charge in [-0.15, -0.1) is 0 Å². The van der Waals surface area contributed by atoms with Gasteiger partial charge in [0, 0.05) is 48.5 Å². The maximum absolute atomic E-state index is 12.6. The van der Waals surface area contributed by atoms with E-state index in [1.165, 1.54) is 6.92 Å². The summed E-state index contributed by atoms with van der Waals surface area (Å²) in [6.07, 6.45) is -13.5. The molecule has 0 bridgehead atoms. The number of ether oxygens (including phenoxy) is 10. The Morgan fingerprint density at radius 1 is 0.569 bits per heavy atom. The van der Waals surface area contributed by atoms with Crippen molar-refractivity contribution in [2.75, 3.05) is 13.2 Å². The molecule has 1 aromatic rings. The molecule has 282 valence electrons. The lowest BCUT2D eigenvalue weighted by molar-refractivity contribution is -0.348. The predicted molar refractivity (Wildman–Crippen MR) is 167 cm³/mol. The Morgan fingerprint density at radius 2 is 1.02 bits per heavy atom. The molecular formula is C33H43NO17. The SMILES string of the molecule is CC(=O)N[C@H]1[C@H](OCc2ccccc2)O[C@H](COC(C)=O)[C@@H](OC(C)=O)[C@@H]1O[C@@H]1O[C@H](COC(C)=O)[C@H](OC(C)=O)[C@H](OC(C)=O)[C@H]1OC(C)=O. The number of carbonyl (C=O) groups is 7. The molecule has 0 spiro atoms. The number of benzene rings is 1. The first kappa shape index (κ1) is 40.8. The molecule has 0 aromatic heterocycles. The summed E-state index contributed by atoms with van der Waals surface area (Å²) in [4.78, 5) is 85.7. The fourth-order valence-electron chi connectivity index (χ4n) is 5.47. The molecule has 2 saturated heterocycles. The number of esters is 6. The zero-order valence-electron chi connectivity index (χ0n) is 29.2. The summed E-state index contributed by atoms with van der Waals surface area (Å²) in [5.74, 6) is -5.45. The number of rotatable bonds is 14. The van der Waals surface area contributed by atoms with Crippen molar-refractivity contribution in [2.24, 2.45) is 0 Å². The fourth-order valence-corrected chi connectivity index (χ4v) is 5.47. The third-order valence-electron chi connectivity index (χ3n) is 7.27. The Hall–Kier alpha value is -4.65. The minimum atomic E-state index is -1.76. The molecule has 2 fully saturated rings. The average molecular weight is 726 g/mol. The quantitative estimate of drug-likeness (QED) is 0.202. The number of nitrogens with one attached hydrogen (secondary N) is 1. The van der Waals surface area contributed by atoms with Crippen molar-refractivity contribution in [1.29, 1.82) is 0 Å². The van der Waals surface area contributed by atoms with Crippen molar-refractivity contribution in [3.8, 4) is 0 Å². The summed E-state index contributed by atoms with van der Waals surface area (Å²) in [5, 5.41) is 2.68. The Labute approximate surface area is 293 Å². The fraction of sp³-hybridized carbons (Fsp3) is 0.606. The van der Waals surface area contributed by atoms with Gasteiger partial charge in [0.2, 0.25) is 5.91 Å². The second-order valence-electron chi connectivity index (χ2n) is 11.6. The van der Waals surface area contributed by atoms with Crippen molar-refractivity contribution < 1.29 is 80.9 Å². The van der Waals surface area contributed by atoms with Crippen LogP contribution in [-0.2, 0) is 87.5 Å². The maximum Gasteiger partial charge on any atom is 0.303 e. The highest BCUT2D eigenvalue weighted by Crippen LogP contribution is 2.35. The lowest BCUT2D eigenvalue weighted by Gasteiger charge is -2.49. The van der Waals surface area contributed by atoms with E-state index in [2.05, 4.69) is 5.32 Å². The molecule has 10 atom stereocenters. The maximum atomic E-state index is 12.6. The van der Waals surface area contributed by atoms with Crippen LogP contribution in [0.3, 0.4) is 0 Å². The van der Waals surface area contributed by atoms with E-state index >= 15 is 0 Å². The van der Waals surface area contributed by atoms with Gasteiger partial charge >= 0.3 is 35.8 Å². The first-order chi connectivity index (χ1) is 24.0. The summed E-state index contributed by atoms with van der Waals surface area (Å²) < 4.78 is 57.2. The topological polar surface area (TPSA) is 224 Å². The molecule has 18 heteroatoms. The average Bonchev–Trinajstić information content (AvgIpc) is 3.02. The highest BCUT2D eigenvalue weighted by Gasteiger charge is 2.57. The molecule has 3 rings (SSSR count). The van der Waals surface area contributed by atoms with Crippen LogP contribution in [0.2, 0.25) is 0 Å². The minimum Gasteiger partial charge on any atom is -0.463 e. The van der Waals surface area contributed by atoms with Crippen molar-refractivity contribution >= 4 is 41.7 Å². The van der Waals surface area contributed by atoms with Crippen molar-refractivity contribution in [2.45, 2.75) is 116 Å². The van der Waals surface area contributed by atoms with E-state index in [1.54, 1.807) is 30.3 Å². The molecule has 2 aliphatic heterocycles. The van der Waals surface area contributed by atoms with E-state index in [1.807, 2.05) is 0 Å². The standard InChI is InChI=1S/C33H43NO17/c1-16(35)34-26-29(27(45-19(4)38)24(14-42-17(2)36)49-32(26)44-13-23-11-9-8-10-12-23)51-33-31(48-22(7)41)30(47-21(6)40)28(46-20(5)39)25(50-33)15-43-18(3)37/h8-12,24-33H,13-15H2,1-7H3,(H,34,35)/t24-,25-,26-,27-,28+,29-,30+,31-,32-,33+/m1/s1. The van der Waals surface area contributed by atoms with Gasteiger partial charge < -0.3 is 52.7 Å². The Balaban J connectivity index is 2.17. The largest absolute Gasteiger partial charge is 0.463 e. The summed E-state index contributed by atoms with van der Waals surface area (Å²) in [7, 11) is 0. The molecule has 18 nitrogen and oxygen atoms in total. The van der Waals surface area contributed by atoms with Crippen LogP contribution < -0.4 is 5.32 Å². The van der Waals surface area contributed by atoms with E-state index < -0.39 is 116 Å². The normalized spacial score (nSPS) is 28.7. The van der Waals surface area contributed by atoms with Crippen molar-refractivity contribution in [3.05, 3.63) is 35.9 Å². The number of carbonyl (C=O) groups excluding carboxylic acids is 7. The van der Waals surface area contributed by atoms with Crippen LogP contribution in [0.4, 0.5) is 0 Å². The monoisotopic (exact) mass is 725 g/mol. The first-order valence-electron chi connectivity index (χ1n) is 15.9. The Morgan fingerprint density at radius 3 is 1.49 bits per heavy atom. The third kappa shape index (κ3) is 12.6. The number of amides is 1. The second kappa shape index (κ2) is 19.1. The van der Waals surface area contributed by atoms with Crippen LogP contribution >= 0.6 is 0 Å². The zero-order valence-corrected chi connectivity index (χ0v) is 29.2. The third-order valence-corrected chi connectivity index (χ3v) is 7.27. The van der Waals surface area contributed by atoms with E-state index in [0.29, 0.717) is 0 Å². The number of hydrogen-bond donors (Lipinski definition) is 1.